The number of carbonyl (C=O) groups excluding carboxylic acids is 5. The summed E-state index contributed by atoms with van der Waals surface area (Å²) < 4.78 is 21.9. The molecular weight excluding hydrogens is 640 g/mol. The quantitative estimate of drug-likeness (QED) is 0.0558. The third-order valence-electron chi connectivity index (χ3n) is 7.44. The Bertz CT molecular complexity index is 1680. The maximum absolute atomic E-state index is 12.1. The van der Waals surface area contributed by atoms with Crippen molar-refractivity contribution in [3.8, 4) is 0 Å². The van der Waals surface area contributed by atoms with E-state index in [1.54, 1.807) is 0 Å². The van der Waals surface area contributed by atoms with Crippen molar-refractivity contribution in [2.24, 2.45) is 9.98 Å². The number of hydrogen-bond donors (Lipinski definition) is 7. The Morgan fingerprint density at radius 3 is 1.94 bits per heavy atom. The molecule has 0 spiro atoms. The molecule has 0 radical (unpaired) electrons. The summed E-state index contributed by atoms with van der Waals surface area (Å²) in [4.78, 5) is 67.7. The van der Waals surface area contributed by atoms with Gasteiger partial charge in [0.05, 0.1) is 53.1 Å². The lowest BCUT2D eigenvalue weighted by atomic mass is 9.99. The van der Waals surface area contributed by atoms with Crippen molar-refractivity contribution in [1.29, 1.82) is 0 Å². The van der Waals surface area contributed by atoms with Crippen LogP contribution in [0.2, 0.25) is 0 Å². The Morgan fingerprint density at radius 1 is 0.875 bits per heavy atom. The van der Waals surface area contributed by atoms with Gasteiger partial charge in [0.15, 0.2) is 18.7 Å². The molecule has 0 aromatic heterocycles. The number of benzene rings is 2. The fourth-order valence-electron chi connectivity index (χ4n) is 5.09. The number of esters is 1. The van der Waals surface area contributed by atoms with Crippen LogP contribution in [0, 0.1) is 0 Å². The minimum absolute atomic E-state index is 0.0529. The number of nitrogens with zero attached hydrogens (tertiary/aromatic N) is 2. The summed E-state index contributed by atoms with van der Waals surface area (Å²) in [6.45, 7) is -0.575. The van der Waals surface area contributed by atoms with Gasteiger partial charge in [-0.1, -0.05) is 0 Å². The van der Waals surface area contributed by atoms with E-state index in [4.69, 9.17) is 18.9 Å². The molecule has 18 heteroatoms. The second-order valence-electron chi connectivity index (χ2n) is 10.7. The average Bonchev–Trinajstić information content (AvgIpc) is 3.51. The normalized spacial score (nSPS) is 25.5. The van der Waals surface area contributed by atoms with Crippen LogP contribution in [0.15, 0.2) is 46.4 Å². The van der Waals surface area contributed by atoms with Gasteiger partial charge in [-0.15, -0.1) is 0 Å². The van der Waals surface area contributed by atoms with Gasteiger partial charge in [0.1, 0.15) is 30.5 Å². The van der Waals surface area contributed by atoms with E-state index >= 15 is 0 Å². The number of aliphatic hydroxyl groups excluding tert-OH is 5. The highest BCUT2D eigenvalue weighted by atomic mass is 16.7. The molecule has 3 aliphatic rings. The molecule has 2 aromatic rings. The standard InChI is InChI=1S/C30H30N4O14/c1-12(37)45-25-23(39)21(11-36)48-30(24(25)40)47-19(8-31-13-2-4-15-17(6-13)28(43)33-26(15)41)20(10-35)46-22(38)9-32-14-3-5-16-18(7-14)29(44)34-27(16)42/h2-9,19-25,30,35-36,38-40H,10-11H2,1H3,(H,33,41,43)(H,34,42,44)/t19-,20+,21-,22-,23-,24+,25-,30-/m0/s1. The van der Waals surface area contributed by atoms with Gasteiger partial charge in [0.2, 0.25) is 0 Å². The van der Waals surface area contributed by atoms with Crippen molar-refractivity contribution in [3.05, 3.63) is 58.7 Å². The molecule has 4 amide bonds. The Morgan fingerprint density at radius 2 is 1.42 bits per heavy atom. The van der Waals surface area contributed by atoms with E-state index in [9.17, 15) is 49.5 Å². The van der Waals surface area contributed by atoms with Crippen LogP contribution in [0.4, 0.5) is 11.4 Å². The van der Waals surface area contributed by atoms with Crippen molar-refractivity contribution in [3.63, 3.8) is 0 Å². The zero-order valence-electron chi connectivity index (χ0n) is 25.0. The number of fused-ring (bicyclic) bond motifs is 2. The van der Waals surface area contributed by atoms with Crippen molar-refractivity contribution >= 4 is 53.4 Å². The summed E-state index contributed by atoms with van der Waals surface area (Å²) in [5.74, 6) is -3.26. The number of rotatable bonds is 12. The lowest BCUT2D eigenvalue weighted by Crippen LogP contribution is -2.61. The molecule has 254 valence electrons. The summed E-state index contributed by atoms with van der Waals surface area (Å²) in [5, 5.41) is 56.2. The lowest BCUT2D eigenvalue weighted by molar-refractivity contribution is -0.315. The number of nitrogens with one attached hydrogen (secondary N) is 2. The second kappa shape index (κ2) is 14.5. The largest absolute Gasteiger partial charge is 0.457 e. The fraction of sp³-hybridized carbons (Fsp3) is 0.367. The summed E-state index contributed by atoms with van der Waals surface area (Å²) >= 11 is 0. The van der Waals surface area contributed by atoms with Crippen LogP contribution in [0.1, 0.15) is 48.4 Å². The van der Waals surface area contributed by atoms with E-state index < -0.39 is 92.0 Å². The molecule has 2 aromatic carbocycles. The van der Waals surface area contributed by atoms with E-state index in [0.717, 1.165) is 19.4 Å². The van der Waals surface area contributed by atoms with Gasteiger partial charge >= 0.3 is 5.97 Å². The smallest absolute Gasteiger partial charge is 0.303 e. The molecule has 0 unspecified atom stereocenters. The van der Waals surface area contributed by atoms with Gasteiger partial charge in [0, 0.05) is 13.1 Å². The molecule has 5 rings (SSSR count). The summed E-state index contributed by atoms with van der Waals surface area (Å²) in [6, 6.07) is 8.19. The molecule has 0 bridgehead atoms. The number of aliphatic hydroxyl groups is 5. The molecule has 0 saturated carbocycles. The van der Waals surface area contributed by atoms with Crippen LogP contribution < -0.4 is 10.6 Å². The number of carbonyl (C=O) groups is 5. The molecule has 8 atom stereocenters. The first-order valence-electron chi connectivity index (χ1n) is 14.4. The van der Waals surface area contributed by atoms with Gasteiger partial charge in [-0.05, 0) is 36.4 Å². The molecule has 3 aliphatic heterocycles. The maximum atomic E-state index is 12.1. The Hall–Kier alpha value is -4.79. The molecule has 1 fully saturated rings. The minimum Gasteiger partial charge on any atom is -0.457 e. The summed E-state index contributed by atoms with van der Waals surface area (Å²) in [7, 11) is 0. The van der Waals surface area contributed by atoms with E-state index in [0.29, 0.717) is 0 Å². The maximum Gasteiger partial charge on any atom is 0.303 e. The number of ether oxygens (including phenoxy) is 4. The topological polar surface area (TPSA) is 272 Å². The number of aliphatic imine (C=N–C) groups is 2. The zero-order valence-corrected chi connectivity index (χ0v) is 25.0. The molecule has 0 aliphatic carbocycles. The third-order valence-corrected chi connectivity index (χ3v) is 7.44. The minimum atomic E-state index is -1.83. The number of imide groups is 2. The predicted octanol–water partition coefficient (Wildman–Crippen LogP) is -1.99. The monoisotopic (exact) mass is 670 g/mol. The number of hydrogen-bond acceptors (Lipinski definition) is 16. The van der Waals surface area contributed by atoms with Gasteiger partial charge in [-0.2, -0.15) is 0 Å². The molecule has 7 N–H and O–H groups in total. The molecule has 3 heterocycles. The summed E-state index contributed by atoms with van der Waals surface area (Å²) in [6.07, 6.45) is -11.0. The van der Waals surface area contributed by atoms with Crippen LogP contribution in [0.25, 0.3) is 0 Å². The predicted molar refractivity (Wildman–Crippen MR) is 159 cm³/mol. The van der Waals surface area contributed by atoms with Crippen LogP contribution in [0.3, 0.4) is 0 Å². The van der Waals surface area contributed by atoms with Gasteiger partial charge in [0.25, 0.3) is 23.6 Å². The van der Waals surface area contributed by atoms with Crippen LogP contribution in [0.5, 0.6) is 0 Å². The van der Waals surface area contributed by atoms with E-state index in [1.165, 1.54) is 36.4 Å². The van der Waals surface area contributed by atoms with Gasteiger partial charge in [-0.3, -0.25) is 44.6 Å². The van der Waals surface area contributed by atoms with Gasteiger partial charge < -0.3 is 44.5 Å². The first-order chi connectivity index (χ1) is 22.9. The van der Waals surface area contributed by atoms with Crippen molar-refractivity contribution in [1.82, 2.24) is 10.6 Å². The highest BCUT2D eigenvalue weighted by Crippen LogP contribution is 2.28. The fourth-order valence-corrected chi connectivity index (χ4v) is 5.09. The highest BCUT2D eigenvalue weighted by Gasteiger charge is 2.48. The molecule has 18 nitrogen and oxygen atoms in total. The van der Waals surface area contributed by atoms with Gasteiger partial charge in [-0.25, -0.2) is 0 Å². The Labute approximate surface area is 270 Å². The van der Waals surface area contributed by atoms with Crippen molar-refractivity contribution in [2.45, 2.75) is 56.1 Å². The first-order valence-corrected chi connectivity index (χ1v) is 14.4. The first kappa shape index (κ1) is 34.5. The molecule has 48 heavy (non-hydrogen) atoms. The Kier molecular flexibility index (Phi) is 10.5. The third kappa shape index (κ3) is 7.35. The van der Waals surface area contributed by atoms with E-state index in [1.807, 2.05) is 0 Å². The number of amides is 4. The van der Waals surface area contributed by atoms with Crippen LogP contribution in [-0.2, 0) is 23.7 Å². The highest BCUT2D eigenvalue weighted by molar-refractivity contribution is 6.22. The van der Waals surface area contributed by atoms with Crippen molar-refractivity contribution in [2.75, 3.05) is 13.2 Å². The zero-order chi connectivity index (χ0) is 34.7. The van der Waals surface area contributed by atoms with Crippen LogP contribution in [-0.4, -0.2) is 130 Å². The lowest BCUT2D eigenvalue weighted by Gasteiger charge is -2.42. The molecular formula is C30H30N4O14. The average molecular weight is 671 g/mol. The second-order valence-corrected chi connectivity index (χ2v) is 10.7. The SMILES string of the molecule is CC(=O)O[C@H]1[C@@H](O)[C@H](CO)O[C@H](O[C@@H](C=Nc2ccc3c(c2)C(=O)NC3=O)[C@@H](CO)O[C@H](O)C=Nc2ccc3c(c2)C(=O)NC3=O)[C@@H]1O. The molecule has 1 saturated heterocycles. The van der Waals surface area contributed by atoms with E-state index in [2.05, 4.69) is 20.6 Å². The van der Waals surface area contributed by atoms with Crippen LogP contribution >= 0.6 is 0 Å². The summed E-state index contributed by atoms with van der Waals surface area (Å²) in [5.41, 5.74) is 0.754. The Balaban J connectivity index is 1.39. The van der Waals surface area contributed by atoms with E-state index in [-0.39, 0.29) is 33.6 Å². The van der Waals surface area contributed by atoms with Crippen molar-refractivity contribution < 1.29 is 68.5 Å².